The van der Waals surface area contributed by atoms with Crippen LogP contribution in [0.15, 0.2) is 60.1 Å². The molecule has 1 aliphatic heterocycles. The maximum absolute atomic E-state index is 13.4. The number of nitrogens with one attached hydrogen (secondary N) is 2. The molecule has 1 atom stereocenters. The summed E-state index contributed by atoms with van der Waals surface area (Å²) in [5.74, 6) is 1.34. The molecule has 1 unspecified atom stereocenters. The van der Waals surface area contributed by atoms with Crippen LogP contribution in [0.25, 0.3) is 0 Å². The standard InChI is InChI=1S/C21H20ClN5O3/c1-12-17(20(28)26-14-9-7-13(22)8-10-14)18(27-21(25-12)23-11-24-27)15-5-4-6-16(29-2)19(15)30-3/h4-11,18H,1-3H3,(H,26,28)(H,23,24,25). The summed E-state index contributed by atoms with van der Waals surface area (Å²) in [6.45, 7) is 1.83. The topological polar surface area (TPSA) is 90.3 Å². The maximum Gasteiger partial charge on any atom is 0.255 e. The molecule has 1 aromatic heterocycles. The molecule has 0 saturated heterocycles. The Morgan fingerprint density at radius 2 is 1.93 bits per heavy atom. The second-order valence-electron chi connectivity index (χ2n) is 6.64. The molecule has 1 amide bonds. The van der Waals surface area contributed by atoms with Gasteiger partial charge in [0.2, 0.25) is 5.95 Å². The van der Waals surface area contributed by atoms with Crippen molar-refractivity contribution < 1.29 is 14.3 Å². The minimum atomic E-state index is -0.568. The van der Waals surface area contributed by atoms with E-state index in [9.17, 15) is 4.79 Å². The minimum absolute atomic E-state index is 0.279. The predicted molar refractivity (Wildman–Crippen MR) is 114 cm³/mol. The van der Waals surface area contributed by atoms with Crippen LogP contribution in [0, 0.1) is 0 Å². The van der Waals surface area contributed by atoms with Crippen molar-refractivity contribution in [1.82, 2.24) is 14.8 Å². The lowest BCUT2D eigenvalue weighted by Gasteiger charge is -2.30. The maximum atomic E-state index is 13.4. The number of rotatable bonds is 5. The molecule has 4 rings (SSSR count). The zero-order valence-corrected chi connectivity index (χ0v) is 17.4. The van der Waals surface area contributed by atoms with Gasteiger partial charge in [-0.3, -0.25) is 4.79 Å². The molecule has 0 bridgehead atoms. The number of benzene rings is 2. The quantitative estimate of drug-likeness (QED) is 0.644. The van der Waals surface area contributed by atoms with Crippen molar-refractivity contribution in [2.24, 2.45) is 0 Å². The number of allylic oxidation sites excluding steroid dienone is 1. The van der Waals surface area contributed by atoms with Crippen LogP contribution in [0.4, 0.5) is 11.6 Å². The largest absolute Gasteiger partial charge is 0.493 e. The van der Waals surface area contributed by atoms with Gasteiger partial charge < -0.3 is 20.1 Å². The van der Waals surface area contributed by atoms with E-state index in [0.717, 1.165) is 5.56 Å². The normalized spacial score (nSPS) is 15.3. The van der Waals surface area contributed by atoms with Crippen LogP contribution < -0.4 is 20.1 Å². The monoisotopic (exact) mass is 425 g/mol. The first-order chi connectivity index (χ1) is 14.5. The Balaban J connectivity index is 1.82. The number of hydrogen-bond donors (Lipinski definition) is 2. The summed E-state index contributed by atoms with van der Waals surface area (Å²) in [6, 6.07) is 11.9. The number of halogens is 1. The molecule has 3 aromatic rings. The van der Waals surface area contributed by atoms with Crippen molar-refractivity contribution in [2.75, 3.05) is 24.9 Å². The molecular formula is C21H20ClN5O3. The number of hydrogen-bond acceptors (Lipinski definition) is 6. The summed E-state index contributed by atoms with van der Waals surface area (Å²) in [5, 5.41) is 11.0. The fraction of sp³-hybridized carbons (Fsp3) is 0.190. The van der Waals surface area contributed by atoms with E-state index in [-0.39, 0.29) is 5.91 Å². The van der Waals surface area contributed by atoms with Crippen LogP contribution in [0.5, 0.6) is 11.5 Å². The van der Waals surface area contributed by atoms with E-state index >= 15 is 0 Å². The minimum Gasteiger partial charge on any atom is -0.493 e. The van der Waals surface area contributed by atoms with E-state index in [1.807, 2.05) is 19.1 Å². The number of methoxy groups -OCH3 is 2. The van der Waals surface area contributed by atoms with E-state index in [1.54, 1.807) is 49.2 Å². The number of fused-ring (bicyclic) bond motifs is 1. The smallest absolute Gasteiger partial charge is 0.255 e. The predicted octanol–water partition coefficient (Wildman–Crippen LogP) is 3.88. The molecule has 2 N–H and O–H groups in total. The van der Waals surface area contributed by atoms with E-state index in [2.05, 4.69) is 20.7 Å². The van der Waals surface area contributed by atoms with Gasteiger partial charge >= 0.3 is 0 Å². The van der Waals surface area contributed by atoms with Gasteiger partial charge in [-0.2, -0.15) is 10.1 Å². The lowest BCUT2D eigenvalue weighted by atomic mass is 9.94. The highest BCUT2D eigenvalue weighted by atomic mass is 35.5. The van der Waals surface area contributed by atoms with Gasteiger partial charge in [-0.05, 0) is 37.3 Å². The number of ether oxygens (including phenoxy) is 2. The summed E-state index contributed by atoms with van der Waals surface area (Å²) in [7, 11) is 3.13. The molecule has 1 aliphatic rings. The highest BCUT2D eigenvalue weighted by molar-refractivity contribution is 6.30. The van der Waals surface area contributed by atoms with E-state index in [1.165, 1.54) is 6.33 Å². The first-order valence-electron chi connectivity index (χ1n) is 9.18. The van der Waals surface area contributed by atoms with E-state index in [0.29, 0.717) is 39.4 Å². The van der Waals surface area contributed by atoms with Gasteiger partial charge in [0.15, 0.2) is 11.5 Å². The molecule has 154 valence electrons. The Labute approximate surface area is 178 Å². The number of amides is 1. The van der Waals surface area contributed by atoms with E-state index < -0.39 is 6.04 Å². The molecule has 0 radical (unpaired) electrons. The molecule has 0 aliphatic carbocycles. The van der Waals surface area contributed by atoms with Crippen molar-refractivity contribution in [3.63, 3.8) is 0 Å². The average Bonchev–Trinajstić information content (AvgIpc) is 3.21. The van der Waals surface area contributed by atoms with Crippen LogP contribution in [-0.4, -0.2) is 34.9 Å². The highest BCUT2D eigenvalue weighted by Crippen LogP contribution is 2.42. The van der Waals surface area contributed by atoms with Crippen molar-refractivity contribution in [3.05, 3.63) is 70.6 Å². The fourth-order valence-electron chi connectivity index (χ4n) is 3.53. The second kappa shape index (κ2) is 8.08. The highest BCUT2D eigenvalue weighted by Gasteiger charge is 2.35. The van der Waals surface area contributed by atoms with Gasteiger partial charge in [0.1, 0.15) is 12.4 Å². The van der Waals surface area contributed by atoms with Gasteiger partial charge in [-0.1, -0.05) is 23.7 Å². The van der Waals surface area contributed by atoms with Crippen molar-refractivity contribution >= 4 is 29.1 Å². The SMILES string of the molecule is COc1cccc(C2C(C(=O)Nc3ccc(Cl)cc3)=C(C)Nc3ncnn32)c1OC. The van der Waals surface area contributed by atoms with Crippen LogP contribution in [-0.2, 0) is 4.79 Å². The molecule has 0 saturated carbocycles. The number of carbonyl (C=O) groups excluding carboxylic acids is 1. The third-order valence-electron chi connectivity index (χ3n) is 4.87. The zero-order chi connectivity index (χ0) is 21.3. The lowest BCUT2D eigenvalue weighted by molar-refractivity contribution is -0.113. The number of carbonyl (C=O) groups is 1. The van der Waals surface area contributed by atoms with Crippen molar-refractivity contribution in [1.29, 1.82) is 0 Å². The van der Waals surface area contributed by atoms with Crippen LogP contribution >= 0.6 is 11.6 Å². The molecule has 0 fully saturated rings. The molecule has 2 heterocycles. The van der Waals surface area contributed by atoms with Gasteiger partial charge in [-0.25, -0.2) is 4.68 Å². The summed E-state index contributed by atoms with van der Waals surface area (Å²) in [4.78, 5) is 17.6. The zero-order valence-electron chi connectivity index (χ0n) is 16.6. The van der Waals surface area contributed by atoms with Crippen LogP contribution in [0.1, 0.15) is 18.5 Å². The van der Waals surface area contributed by atoms with Gasteiger partial charge in [0.05, 0.1) is 19.8 Å². The molecule has 30 heavy (non-hydrogen) atoms. The molecule has 2 aromatic carbocycles. The molecule has 8 nitrogen and oxygen atoms in total. The lowest BCUT2D eigenvalue weighted by Crippen LogP contribution is -2.31. The Morgan fingerprint density at radius 1 is 1.17 bits per heavy atom. The van der Waals surface area contributed by atoms with Gasteiger partial charge in [0, 0.05) is 22.0 Å². The number of anilines is 2. The summed E-state index contributed by atoms with van der Waals surface area (Å²) < 4.78 is 12.7. The molecule has 0 spiro atoms. The second-order valence-corrected chi connectivity index (χ2v) is 7.07. The number of para-hydroxylation sites is 1. The molecular weight excluding hydrogens is 406 g/mol. The number of aromatic nitrogens is 3. The summed E-state index contributed by atoms with van der Waals surface area (Å²) >= 11 is 5.95. The Bertz CT molecular complexity index is 1120. The summed E-state index contributed by atoms with van der Waals surface area (Å²) in [5.41, 5.74) is 2.50. The Hall–Kier alpha value is -3.52. The van der Waals surface area contributed by atoms with Gasteiger partial charge in [0.25, 0.3) is 5.91 Å². The van der Waals surface area contributed by atoms with E-state index in [4.69, 9.17) is 21.1 Å². The van der Waals surface area contributed by atoms with Crippen LogP contribution in [0.3, 0.4) is 0 Å². The Kier molecular flexibility index (Phi) is 5.33. The third-order valence-corrected chi connectivity index (χ3v) is 5.12. The first-order valence-corrected chi connectivity index (χ1v) is 9.56. The van der Waals surface area contributed by atoms with Gasteiger partial charge in [-0.15, -0.1) is 0 Å². The van der Waals surface area contributed by atoms with Crippen molar-refractivity contribution in [2.45, 2.75) is 13.0 Å². The number of nitrogens with zero attached hydrogens (tertiary/aromatic N) is 3. The third kappa shape index (κ3) is 3.46. The van der Waals surface area contributed by atoms with Crippen LogP contribution in [0.2, 0.25) is 5.02 Å². The van der Waals surface area contributed by atoms with Crippen molar-refractivity contribution in [3.8, 4) is 11.5 Å². The average molecular weight is 426 g/mol. The summed E-state index contributed by atoms with van der Waals surface area (Å²) in [6.07, 6.45) is 1.44. The fourth-order valence-corrected chi connectivity index (χ4v) is 3.66. The Morgan fingerprint density at radius 3 is 2.63 bits per heavy atom. The first kappa shape index (κ1) is 19.8. The molecule has 9 heteroatoms.